The van der Waals surface area contributed by atoms with Crippen molar-refractivity contribution in [1.82, 2.24) is 4.98 Å². The molecule has 1 aromatic heterocycles. The Morgan fingerprint density at radius 2 is 2.22 bits per heavy atom. The number of anilines is 1. The molecule has 1 atom stereocenters. The van der Waals surface area contributed by atoms with Crippen LogP contribution in [0.15, 0.2) is 18.3 Å². The summed E-state index contributed by atoms with van der Waals surface area (Å²) in [5.41, 5.74) is 6.51. The maximum atomic E-state index is 10.9. The highest BCUT2D eigenvalue weighted by Crippen LogP contribution is 2.29. The van der Waals surface area contributed by atoms with Crippen LogP contribution < -0.4 is 10.6 Å². The SMILES string of the molecule is CC(N)C1CCN(c2cccnc2[N+](=O)[O-])CC1. The molecule has 0 bridgehead atoms. The molecule has 0 saturated carbocycles. The predicted molar refractivity (Wildman–Crippen MR) is 69.5 cm³/mol. The highest BCUT2D eigenvalue weighted by Gasteiger charge is 2.26. The van der Waals surface area contributed by atoms with Gasteiger partial charge in [0.1, 0.15) is 11.9 Å². The van der Waals surface area contributed by atoms with Gasteiger partial charge in [0.2, 0.25) is 0 Å². The minimum atomic E-state index is -0.424. The number of aromatic nitrogens is 1. The number of pyridine rings is 1. The number of rotatable bonds is 3. The van der Waals surface area contributed by atoms with Gasteiger partial charge < -0.3 is 20.7 Å². The van der Waals surface area contributed by atoms with E-state index in [1.807, 2.05) is 11.8 Å². The average molecular weight is 250 g/mol. The van der Waals surface area contributed by atoms with E-state index in [2.05, 4.69) is 4.98 Å². The van der Waals surface area contributed by atoms with Crippen LogP contribution in [0.1, 0.15) is 19.8 Å². The van der Waals surface area contributed by atoms with Crippen molar-refractivity contribution < 1.29 is 4.92 Å². The summed E-state index contributed by atoms with van der Waals surface area (Å²) >= 11 is 0. The molecule has 2 N–H and O–H groups in total. The summed E-state index contributed by atoms with van der Waals surface area (Å²) in [6, 6.07) is 3.69. The molecule has 0 amide bonds. The van der Waals surface area contributed by atoms with E-state index in [4.69, 9.17) is 5.73 Å². The zero-order valence-corrected chi connectivity index (χ0v) is 10.5. The van der Waals surface area contributed by atoms with Gasteiger partial charge in [0.05, 0.1) is 0 Å². The lowest BCUT2D eigenvalue weighted by molar-refractivity contribution is -0.388. The topological polar surface area (TPSA) is 85.3 Å². The Kier molecular flexibility index (Phi) is 3.76. The molecule has 98 valence electrons. The van der Waals surface area contributed by atoms with Crippen LogP contribution in [0.4, 0.5) is 11.5 Å². The molecular formula is C12H18N4O2. The van der Waals surface area contributed by atoms with Crippen molar-refractivity contribution in [3.05, 3.63) is 28.4 Å². The minimum absolute atomic E-state index is 0.0586. The third-order valence-electron chi connectivity index (χ3n) is 3.56. The lowest BCUT2D eigenvalue weighted by Gasteiger charge is -2.34. The maximum Gasteiger partial charge on any atom is 0.387 e. The molecule has 0 spiro atoms. The van der Waals surface area contributed by atoms with E-state index < -0.39 is 4.92 Å². The van der Waals surface area contributed by atoms with Crippen LogP contribution in [-0.2, 0) is 0 Å². The van der Waals surface area contributed by atoms with Crippen molar-refractivity contribution in [2.45, 2.75) is 25.8 Å². The summed E-state index contributed by atoms with van der Waals surface area (Å²) in [7, 11) is 0. The summed E-state index contributed by atoms with van der Waals surface area (Å²) in [6.45, 7) is 3.63. The zero-order valence-electron chi connectivity index (χ0n) is 10.5. The van der Waals surface area contributed by atoms with Gasteiger partial charge in [0.25, 0.3) is 0 Å². The summed E-state index contributed by atoms with van der Waals surface area (Å²) < 4.78 is 0. The molecule has 1 saturated heterocycles. The zero-order chi connectivity index (χ0) is 13.1. The number of piperidine rings is 1. The first-order valence-electron chi connectivity index (χ1n) is 6.19. The van der Waals surface area contributed by atoms with E-state index in [1.165, 1.54) is 6.20 Å². The summed E-state index contributed by atoms with van der Waals surface area (Å²) in [6.07, 6.45) is 3.41. The van der Waals surface area contributed by atoms with Gasteiger partial charge in [0.15, 0.2) is 0 Å². The molecule has 0 radical (unpaired) electrons. The molecule has 2 rings (SSSR count). The van der Waals surface area contributed by atoms with E-state index in [0.717, 1.165) is 25.9 Å². The second-order valence-corrected chi connectivity index (χ2v) is 4.79. The Labute approximate surface area is 106 Å². The molecule has 2 heterocycles. The van der Waals surface area contributed by atoms with Crippen molar-refractivity contribution in [1.29, 1.82) is 0 Å². The molecule has 6 nitrogen and oxygen atoms in total. The molecule has 18 heavy (non-hydrogen) atoms. The molecular weight excluding hydrogens is 232 g/mol. The van der Waals surface area contributed by atoms with Gasteiger partial charge in [-0.2, -0.15) is 0 Å². The first-order chi connectivity index (χ1) is 8.59. The lowest BCUT2D eigenvalue weighted by atomic mass is 9.91. The molecule has 1 fully saturated rings. The van der Waals surface area contributed by atoms with Crippen LogP contribution in [0.25, 0.3) is 0 Å². The first kappa shape index (κ1) is 12.8. The van der Waals surface area contributed by atoms with Crippen molar-refractivity contribution in [3.8, 4) is 0 Å². The highest BCUT2D eigenvalue weighted by molar-refractivity contribution is 5.59. The van der Waals surface area contributed by atoms with Crippen LogP contribution in [0.2, 0.25) is 0 Å². The smallest absolute Gasteiger partial charge is 0.365 e. The Bertz CT molecular complexity index is 428. The van der Waals surface area contributed by atoms with Crippen molar-refractivity contribution >= 4 is 11.5 Å². The van der Waals surface area contributed by atoms with E-state index >= 15 is 0 Å². The monoisotopic (exact) mass is 250 g/mol. The van der Waals surface area contributed by atoms with Crippen molar-refractivity contribution in [2.75, 3.05) is 18.0 Å². The molecule has 0 aliphatic carbocycles. The quantitative estimate of drug-likeness (QED) is 0.650. The van der Waals surface area contributed by atoms with Gasteiger partial charge in [-0.25, -0.2) is 0 Å². The van der Waals surface area contributed by atoms with Gasteiger partial charge >= 0.3 is 5.82 Å². The summed E-state index contributed by atoms with van der Waals surface area (Å²) in [5, 5.41) is 10.9. The fourth-order valence-electron chi connectivity index (χ4n) is 2.44. The average Bonchev–Trinajstić information content (AvgIpc) is 2.39. The predicted octanol–water partition coefficient (Wildman–Crippen LogP) is 1.55. The Hall–Kier alpha value is -1.69. The Morgan fingerprint density at radius 1 is 1.56 bits per heavy atom. The van der Waals surface area contributed by atoms with Gasteiger partial charge in [-0.15, -0.1) is 0 Å². The maximum absolute atomic E-state index is 10.9. The number of hydrogen-bond acceptors (Lipinski definition) is 5. The van der Waals surface area contributed by atoms with E-state index in [0.29, 0.717) is 11.6 Å². The molecule has 1 aromatic rings. The van der Waals surface area contributed by atoms with Crippen molar-refractivity contribution in [3.63, 3.8) is 0 Å². The Balaban J connectivity index is 2.12. The third-order valence-corrected chi connectivity index (χ3v) is 3.56. The van der Waals surface area contributed by atoms with E-state index in [9.17, 15) is 10.1 Å². The summed E-state index contributed by atoms with van der Waals surface area (Å²) in [4.78, 5) is 16.4. The second kappa shape index (κ2) is 5.30. The normalized spacial score (nSPS) is 18.7. The third kappa shape index (κ3) is 2.59. The Morgan fingerprint density at radius 3 is 2.78 bits per heavy atom. The first-order valence-corrected chi connectivity index (χ1v) is 6.19. The number of hydrogen-bond donors (Lipinski definition) is 1. The van der Waals surface area contributed by atoms with Crippen LogP contribution in [0.5, 0.6) is 0 Å². The fraction of sp³-hybridized carbons (Fsp3) is 0.583. The minimum Gasteiger partial charge on any atom is -0.365 e. The largest absolute Gasteiger partial charge is 0.387 e. The number of nitro groups is 1. The van der Waals surface area contributed by atoms with Gasteiger partial charge in [-0.3, -0.25) is 0 Å². The molecule has 0 aromatic carbocycles. The van der Waals surface area contributed by atoms with Crippen LogP contribution in [0, 0.1) is 16.0 Å². The van der Waals surface area contributed by atoms with E-state index in [1.54, 1.807) is 12.1 Å². The number of nitrogens with zero attached hydrogens (tertiary/aromatic N) is 3. The van der Waals surface area contributed by atoms with E-state index in [-0.39, 0.29) is 11.9 Å². The lowest BCUT2D eigenvalue weighted by Crippen LogP contribution is -2.40. The van der Waals surface area contributed by atoms with Gasteiger partial charge in [-0.05, 0) is 47.7 Å². The van der Waals surface area contributed by atoms with Crippen LogP contribution in [-0.4, -0.2) is 29.0 Å². The van der Waals surface area contributed by atoms with Crippen LogP contribution >= 0.6 is 0 Å². The fourth-order valence-corrected chi connectivity index (χ4v) is 2.44. The van der Waals surface area contributed by atoms with Gasteiger partial charge in [0, 0.05) is 19.1 Å². The molecule has 1 aliphatic rings. The molecule has 1 aliphatic heterocycles. The summed E-state index contributed by atoms with van der Waals surface area (Å²) in [5.74, 6) is 0.453. The second-order valence-electron chi connectivity index (χ2n) is 4.79. The molecule has 1 unspecified atom stereocenters. The van der Waals surface area contributed by atoms with Crippen LogP contribution in [0.3, 0.4) is 0 Å². The highest BCUT2D eigenvalue weighted by atomic mass is 16.6. The van der Waals surface area contributed by atoms with Gasteiger partial charge in [-0.1, -0.05) is 0 Å². The number of nitrogens with two attached hydrogens (primary N) is 1. The standard InChI is InChI=1S/C12H18N4O2/c1-9(13)10-4-7-15(8-5-10)11-3-2-6-14-12(11)16(17)18/h2-3,6,9-10H,4-5,7-8,13H2,1H3. The van der Waals surface area contributed by atoms with Crippen molar-refractivity contribution in [2.24, 2.45) is 11.7 Å². The molecule has 6 heteroatoms.